The highest BCUT2D eigenvalue weighted by atomic mass is 32.2. The lowest BCUT2D eigenvalue weighted by atomic mass is 10.2. The minimum Gasteiger partial charge on any atom is -0.212 e. The standard InChI is InChI=1S/C12H18N2O4S2/c1-10-4-6-12(7-5-10)20(17,18)14-9-8-13(11(14)2)19(3,15)16/h4-7,11H,8-9H2,1-3H3/t11-/m0/s1. The Morgan fingerprint density at radius 3 is 1.95 bits per heavy atom. The molecule has 0 aromatic heterocycles. The Morgan fingerprint density at radius 2 is 1.50 bits per heavy atom. The zero-order valence-electron chi connectivity index (χ0n) is 11.6. The molecule has 112 valence electrons. The predicted molar refractivity (Wildman–Crippen MR) is 76.1 cm³/mol. The molecule has 1 heterocycles. The summed E-state index contributed by atoms with van der Waals surface area (Å²) in [7, 11) is -7.08. The molecular formula is C12H18N2O4S2. The van der Waals surface area contributed by atoms with Crippen LogP contribution in [0, 0.1) is 6.92 Å². The Kier molecular flexibility index (Phi) is 3.94. The van der Waals surface area contributed by atoms with Crippen LogP contribution in [0.1, 0.15) is 12.5 Å². The van der Waals surface area contributed by atoms with Crippen LogP contribution in [0.3, 0.4) is 0 Å². The van der Waals surface area contributed by atoms with Gasteiger partial charge in [0.05, 0.1) is 17.3 Å². The molecule has 1 aromatic carbocycles. The second-order valence-electron chi connectivity index (χ2n) is 4.93. The molecule has 8 heteroatoms. The van der Waals surface area contributed by atoms with Gasteiger partial charge in [0.2, 0.25) is 20.0 Å². The van der Waals surface area contributed by atoms with Crippen LogP contribution in [0.5, 0.6) is 0 Å². The summed E-state index contributed by atoms with van der Waals surface area (Å²) in [4.78, 5) is 0.185. The third-order valence-electron chi connectivity index (χ3n) is 3.43. The number of hydrogen-bond acceptors (Lipinski definition) is 4. The van der Waals surface area contributed by atoms with Crippen LogP contribution in [0.15, 0.2) is 29.2 Å². The summed E-state index contributed by atoms with van der Waals surface area (Å²) >= 11 is 0. The van der Waals surface area contributed by atoms with E-state index in [1.807, 2.05) is 6.92 Å². The van der Waals surface area contributed by atoms with Gasteiger partial charge in [-0.25, -0.2) is 16.8 Å². The van der Waals surface area contributed by atoms with E-state index in [0.717, 1.165) is 11.8 Å². The Balaban J connectivity index is 2.35. The van der Waals surface area contributed by atoms with Crippen LogP contribution in [0.4, 0.5) is 0 Å². The van der Waals surface area contributed by atoms with Crippen molar-refractivity contribution >= 4 is 20.0 Å². The lowest BCUT2D eigenvalue weighted by Gasteiger charge is -2.24. The molecule has 1 fully saturated rings. The molecule has 1 aliphatic rings. The zero-order chi connectivity index (χ0) is 15.1. The van der Waals surface area contributed by atoms with Crippen LogP contribution in [-0.2, 0) is 20.0 Å². The summed E-state index contributed by atoms with van der Waals surface area (Å²) in [6, 6.07) is 6.53. The maximum Gasteiger partial charge on any atom is 0.244 e. The van der Waals surface area contributed by atoms with Crippen molar-refractivity contribution in [3.8, 4) is 0 Å². The minimum atomic E-state index is -3.67. The van der Waals surface area contributed by atoms with Crippen molar-refractivity contribution in [2.24, 2.45) is 0 Å². The van der Waals surface area contributed by atoms with E-state index in [0.29, 0.717) is 0 Å². The zero-order valence-corrected chi connectivity index (χ0v) is 13.3. The molecule has 1 aliphatic heterocycles. The Morgan fingerprint density at radius 1 is 1.00 bits per heavy atom. The number of nitrogens with zero attached hydrogens (tertiary/aromatic N) is 2. The molecule has 6 nitrogen and oxygen atoms in total. The van der Waals surface area contributed by atoms with Gasteiger partial charge in [0.1, 0.15) is 0 Å². The summed E-state index contributed by atoms with van der Waals surface area (Å²) in [5.74, 6) is 0. The maximum atomic E-state index is 12.5. The first-order valence-corrected chi connectivity index (χ1v) is 9.48. The fourth-order valence-electron chi connectivity index (χ4n) is 2.32. The van der Waals surface area contributed by atoms with E-state index in [9.17, 15) is 16.8 Å². The molecule has 2 rings (SSSR count). The molecule has 20 heavy (non-hydrogen) atoms. The number of rotatable bonds is 3. The van der Waals surface area contributed by atoms with Gasteiger partial charge in [0.25, 0.3) is 0 Å². The number of sulfonamides is 2. The molecule has 1 atom stereocenters. The highest BCUT2D eigenvalue weighted by Gasteiger charge is 2.41. The SMILES string of the molecule is Cc1ccc(S(=O)(=O)N2CCN(S(C)(=O)=O)[C@@H]2C)cc1. The topological polar surface area (TPSA) is 74.8 Å². The molecule has 0 radical (unpaired) electrons. The molecule has 0 amide bonds. The van der Waals surface area contributed by atoms with E-state index in [4.69, 9.17) is 0 Å². The highest BCUT2D eigenvalue weighted by Crippen LogP contribution is 2.25. The highest BCUT2D eigenvalue weighted by molar-refractivity contribution is 7.89. The maximum absolute atomic E-state index is 12.5. The van der Waals surface area contributed by atoms with E-state index in [2.05, 4.69) is 0 Å². The smallest absolute Gasteiger partial charge is 0.212 e. The Bertz CT molecular complexity index is 695. The number of hydrogen-bond donors (Lipinski definition) is 0. The van der Waals surface area contributed by atoms with Crippen LogP contribution in [-0.4, -0.2) is 51.0 Å². The normalized spacial score (nSPS) is 22.2. The third kappa shape index (κ3) is 2.73. The van der Waals surface area contributed by atoms with E-state index in [-0.39, 0.29) is 18.0 Å². The summed E-state index contributed by atoms with van der Waals surface area (Å²) in [6.45, 7) is 3.82. The van der Waals surface area contributed by atoms with Gasteiger partial charge in [0, 0.05) is 13.1 Å². The quantitative estimate of drug-likeness (QED) is 0.818. The van der Waals surface area contributed by atoms with E-state index in [1.54, 1.807) is 31.2 Å². The van der Waals surface area contributed by atoms with Gasteiger partial charge in [-0.05, 0) is 26.0 Å². The second-order valence-corrected chi connectivity index (χ2v) is 8.76. The van der Waals surface area contributed by atoms with Crippen molar-refractivity contribution in [3.05, 3.63) is 29.8 Å². The Hall–Kier alpha value is -0.960. The first-order valence-electron chi connectivity index (χ1n) is 6.19. The van der Waals surface area contributed by atoms with Gasteiger partial charge in [-0.1, -0.05) is 17.7 Å². The van der Waals surface area contributed by atoms with Gasteiger partial charge in [0.15, 0.2) is 0 Å². The van der Waals surface area contributed by atoms with Gasteiger partial charge >= 0.3 is 0 Å². The number of benzene rings is 1. The van der Waals surface area contributed by atoms with Crippen LogP contribution in [0.25, 0.3) is 0 Å². The third-order valence-corrected chi connectivity index (χ3v) is 6.74. The van der Waals surface area contributed by atoms with E-state index in [1.165, 1.54) is 8.61 Å². The molecule has 0 saturated carbocycles. The van der Waals surface area contributed by atoms with Gasteiger partial charge in [-0.3, -0.25) is 0 Å². The summed E-state index contributed by atoms with van der Waals surface area (Å²) in [5, 5.41) is 0. The van der Waals surface area contributed by atoms with Crippen molar-refractivity contribution in [1.82, 2.24) is 8.61 Å². The first-order chi connectivity index (χ1) is 9.14. The monoisotopic (exact) mass is 318 g/mol. The molecule has 1 saturated heterocycles. The molecule has 0 aliphatic carbocycles. The van der Waals surface area contributed by atoms with Crippen molar-refractivity contribution in [3.63, 3.8) is 0 Å². The fourth-order valence-corrected chi connectivity index (χ4v) is 5.05. The van der Waals surface area contributed by atoms with E-state index >= 15 is 0 Å². The Labute approximate surface area is 120 Å². The minimum absolute atomic E-state index is 0.171. The summed E-state index contributed by atoms with van der Waals surface area (Å²) in [5.41, 5.74) is 0.969. The summed E-state index contributed by atoms with van der Waals surface area (Å²) < 4.78 is 50.7. The van der Waals surface area contributed by atoms with Gasteiger partial charge in [-0.15, -0.1) is 0 Å². The molecule has 0 bridgehead atoms. The largest absolute Gasteiger partial charge is 0.244 e. The predicted octanol–water partition coefficient (Wildman–Crippen LogP) is 0.607. The molecule has 1 aromatic rings. The first kappa shape index (κ1) is 15.4. The van der Waals surface area contributed by atoms with Crippen molar-refractivity contribution in [1.29, 1.82) is 0 Å². The average molecular weight is 318 g/mol. The lowest BCUT2D eigenvalue weighted by molar-refractivity contribution is 0.310. The summed E-state index contributed by atoms with van der Waals surface area (Å²) in [6.07, 6.45) is 0.391. The molecule has 0 spiro atoms. The van der Waals surface area contributed by atoms with Gasteiger partial charge < -0.3 is 0 Å². The van der Waals surface area contributed by atoms with Crippen molar-refractivity contribution < 1.29 is 16.8 Å². The molecule has 0 unspecified atom stereocenters. The van der Waals surface area contributed by atoms with Crippen LogP contribution >= 0.6 is 0 Å². The second kappa shape index (κ2) is 5.10. The van der Waals surface area contributed by atoms with Gasteiger partial charge in [-0.2, -0.15) is 8.61 Å². The molecular weight excluding hydrogens is 300 g/mol. The average Bonchev–Trinajstić information content (AvgIpc) is 2.72. The van der Waals surface area contributed by atoms with Crippen LogP contribution in [0.2, 0.25) is 0 Å². The molecule has 0 N–H and O–H groups in total. The van der Waals surface area contributed by atoms with Crippen molar-refractivity contribution in [2.75, 3.05) is 19.3 Å². The van der Waals surface area contributed by atoms with E-state index < -0.39 is 26.2 Å². The van der Waals surface area contributed by atoms with Crippen molar-refractivity contribution in [2.45, 2.75) is 24.9 Å². The lowest BCUT2D eigenvalue weighted by Crippen LogP contribution is -2.41. The van der Waals surface area contributed by atoms with Crippen LogP contribution < -0.4 is 0 Å². The number of aryl methyl sites for hydroxylation is 1. The fraction of sp³-hybridized carbons (Fsp3) is 0.500.